The van der Waals surface area contributed by atoms with Crippen molar-refractivity contribution in [2.45, 2.75) is 13.0 Å². The lowest BCUT2D eigenvalue weighted by Gasteiger charge is -2.34. The Morgan fingerprint density at radius 1 is 1.32 bits per heavy atom. The summed E-state index contributed by atoms with van der Waals surface area (Å²) in [6.07, 6.45) is 0. The molecule has 0 aliphatic carbocycles. The maximum atomic E-state index is 12.9. The van der Waals surface area contributed by atoms with Crippen molar-refractivity contribution >= 4 is 22.9 Å². The summed E-state index contributed by atoms with van der Waals surface area (Å²) in [6.45, 7) is 5.11. The van der Waals surface area contributed by atoms with Crippen LogP contribution >= 0.6 is 11.3 Å². The Labute approximate surface area is 182 Å². The van der Waals surface area contributed by atoms with Gasteiger partial charge in [-0.05, 0) is 24.4 Å². The predicted molar refractivity (Wildman–Crippen MR) is 115 cm³/mol. The number of rotatable bonds is 7. The summed E-state index contributed by atoms with van der Waals surface area (Å²) in [6, 6.07) is 10.2. The minimum Gasteiger partial charge on any atom is -0.379 e. The van der Waals surface area contributed by atoms with Crippen LogP contribution in [0.3, 0.4) is 0 Å². The van der Waals surface area contributed by atoms with Crippen molar-refractivity contribution in [2.75, 3.05) is 32.8 Å². The second-order valence-corrected chi connectivity index (χ2v) is 8.08. The van der Waals surface area contributed by atoms with Gasteiger partial charge in [0.05, 0.1) is 35.6 Å². The molecule has 0 bridgehead atoms. The van der Waals surface area contributed by atoms with Crippen LogP contribution in [0.4, 0.5) is 5.69 Å². The standard InChI is InChI=1S/C20H22N6O4S/c1-14-19(22-23-25(14)15-4-2-5-16(12-15)26(28)29)20(27)21-13-17(18-6-3-11-31-18)24-7-9-30-10-8-24/h2-6,11-12,17H,7-10,13H2,1H3,(H,21,27). The normalized spacial score (nSPS) is 15.5. The molecule has 162 valence electrons. The van der Waals surface area contributed by atoms with Crippen LogP contribution in [-0.2, 0) is 4.74 Å². The van der Waals surface area contributed by atoms with Gasteiger partial charge in [0.1, 0.15) is 0 Å². The van der Waals surface area contributed by atoms with E-state index in [1.165, 1.54) is 21.7 Å². The number of nitro benzene ring substituents is 1. The van der Waals surface area contributed by atoms with Gasteiger partial charge in [-0.3, -0.25) is 19.8 Å². The fourth-order valence-electron chi connectivity index (χ4n) is 3.58. The largest absolute Gasteiger partial charge is 0.379 e. The van der Waals surface area contributed by atoms with Gasteiger partial charge in [0.2, 0.25) is 0 Å². The van der Waals surface area contributed by atoms with Gasteiger partial charge in [-0.1, -0.05) is 17.3 Å². The predicted octanol–water partition coefficient (Wildman–Crippen LogP) is 2.35. The third kappa shape index (κ3) is 4.63. The van der Waals surface area contributed by atoms with Gasteiger partial charge < -0.3 is 10.1 Å². The molecule has 1 saturated heterocycles. The van der Waals surface area contributed by atoms with E-state index in [4.69, 9.17) is 4.74 Å². The fourth-order valence-corrected chi connectivity index (χ4v) is 4.44. The number of nitro groups is 1. The van der Waals surface area contributed by atoms with E-state index in [1.54, 1.807) is 30.4 Å². The van der Waals surface area contributed by atoms with Gasteiger partial charge in [0, 0.05) is 36.6 Å². The van der Waals surface area contributed by atoms with Crippen LogP contribution in [0, 0.1) is 17.0 Å². The number of hydrogen-bond acceptors (Lipinski definition) is 8. The molecule has 1 aliphatic heterocycles. The topological polar surface area (TPSA) is 115 Å². The van der Waals surface area contributed by atoms with Crippen LogP contribution in [0.1, 0.15) is 27.1 Å². The first-order valence-corrected chi connectivity index (χ1v) is 10.7. The summed E-state index contributed by atoms with van der Waals surface area (Å²) in [7, 11) is 0. The van der Waals surface area contributed by atoms with Crippen molar-refractivity contribution < 1.29 is 14.5 Å². The molecular weight excluding hydrogens is 420 g/mol. The van der Waals surface area contributed by atoms with E-state index < -0.39 is 4.92 Å². The highest BCUT2D eigenvalue weighted by Crippen LogP contribution is 2.25. The zero-order valence-corrected chi connectivity index (χ0v) is 17.7. The highest BCUT2D eigenvalue weighted by Gasteiger charge is 2.25. The molecule has 1 N–H and O–H groups in total. The second kappa shape index (κ2) is 9.33. The number of aromatic nitrogens is 3. The maximum absolute atomic E-state index is 12.9. The summed E-state index contributed by atoms with van der Waals surface area (Å²) >= 11 is 1.66. The number of carbonyl (C=O) groups is 1. The SMILES string of the molecule is Cc1c(C(=O)NCC(c2cccs2)N2CCOCC2)nnn1-c1cccc([N+](=O)[O-])c1. The minimum atomic E-state index is -0.472. The van der Waals surface area contributed by atoms with Gasteiger partial charge >= 0.3 is 0 Å². The number of ether oxygens (including phenoxy) is 1. The Balaban J connectivity index is 1.49. The van der Waals surface area contributed by atoms with Gasteiger partial charge in [-0.25, -0.2) is 4.68 Å². The van der Waals surface area contributed by atoms with Crippen LogP contribution in [0.25, 0.3) is 5.69 Å². The average molecular weight is 443 g/mol. The molecule has 3 aromatic rings. The van der Waals surface area contributed by atoms with Crippen LogP contribution in [0.15, 0.2) is 41.8 Å². The minimum absolute atomic E-state index is 0.0531. The zero-order chi connectivity index (χ0) is 21.8. The van der Waals surface area contributed by atoms with Gasteiger partial charge in [0.15, 0.2) is 5.69 Å². The smallest absolute Gasteiger partial charge is 0.273 e. The molecule has 1 fully saturated rings. The molecule has 1 amide bonds. The number of nitrogens with zero attached hydrogens (tertiary/aromatic N) is 5. The monoisotopic (exact) mass is 442 g/mol. The zero-order valence-electron chi connectivity index (χ0n) is 16.9. The number of thiophene rings is 1. The highest BCUT2D eigenvalue weighted by molar-refractivity contribution is 7.10. The summed E-state index contributed by atoms with van der Waals surface area (Å²) in [4.78, 5) is 26.9. The van der Waals surface area contributed by atoms with E-state index in [0.717, 1.165) is 13.1 Å². The molecular formula is C20H22N6O4S. The quantitative estimate of drug-likeness (QED) is 0.441. The Hall–Kier alpha value is -3.15. The Kier molecular flexibility index (Phi) is 6.35. The third-order valence-electron chi connectivity index (χ3n) is 5.21. The first kappa shape index (κ1) is 21.1. The first-order valence-electron chi connectivity index (χ1n) is 9.85. The number of non-ortho nitro benzene ring substituents is 1. The average Bonchev–Trinajstić information content (AvgIpc) is 3.45. The number of hydrogen-bond donors (Lipinski definition) is 1. The summed E-state index contributed by atoms with van der Waals surface area (Å²) in [5.41, 5.74) is 1.13. The lowest BCUT2D eigenvalue weighted by atomic mass is 10.2. The number of amides is 1. The van der Waals surface area contributed by atoms with Gasteiger partial charge in [-0.2, -0.15) is 0 Å². The molecule has 0 spiro atoms. The molecule has 3 heterocycles. The molecule has 31 heavy (non-hydrogen) atoms. The van der Waals surface area contributed by atoms with Crippen molar-refractivity contribution in [1.82, 2.24) is 25.2 Å². The summed E-state index contributed by atoms with van der Waals surface area (Å²) < 4.78 is 6.89. The van der Waals surface area contributed by atoms with E-state index in [9.17, 15) is 14.9 Å². The Morgan fingerprint density at radius 3 is 2.84 bits per heavy atom. The van der Waals surface area contributed by atoms with Crippen LogP contribution in [-0.4, -0.2) is 63.6 Å². The lowest BCUT2D eigenvalue weighted by Crippen LogP contribution is -2.43. The summed E-state index contributed by atoms with van der Waals surface area (Å²) in [5.74, 6) is -0.330. The molecule has 2 aromatic heterocycles. The molecule has 11 heteroatoms. The molecule has 10 nitrogen and oxygen atoms in total. The van der Waals surface area contributed by atoms with Crippen LogP contribution in [0.2, 0.25) is 0 Å². The van der Waals surface area contributed by atoms with E-state index in [2.05, 4.69) is 26.6 Å². The number of carbonyl (C=O) groups excluding carboxylic acids is 1. The van der Waals surface area contributed by atoms with Crippen molar-refractivity contribution in [3.63, 3.8) is 0 Å². The molecule has 1 aliphatic rings. The van der Waals surface area contributed by atoms with Gasteiger partial charge in [-0.15, -0.1) is 16.4 Å². The maximum Gasteiger partial charge on any atom is 0.273 e. The van der Waals surface area contributed by atoms with E-state index in [-0.39, 0.29) is 23.3 Å². The molecule has 4 rings (SSSR count). The number of morpholine rings is 1. The molecule has 0 radical (unpaired) electrons. The van der Waals surface area contributed by atoms with Crippen molar-refractivity contribution in [2.24, 2.45) is 0 Å². The highest BCUT2D eigenvalue weighted by atomic mass is 32.1. The van der Waals surface area contributed by atoms with E-state index in [0.29, 0.717) is 31.1 Å². The van der Waals surface area contributed by atoms with E-state index >= 15 is 0 Å². The number of nitrogens with one attached hydrogen (secondary N) is 1. The molecule has 1 atom stereocenters. The van der Waals surface area contributed by atoms with Crippen LogP contribution in [0.5, 0.6) is 0 Å². The van der Waals surface area contributed by atoms with E-state index in [1.807, 2.05) is 11.4 Å². The first-order chi connectivity index (χ1) is 15.0. The molecule has 1 aromatic carbocycles. The van der Waals surface area contributed by atoms with Gasteiger partial charge in [0.25, 0.3) is 11.6 Å². The number of benzene rings is 1. The molecule has 1 unspecified atom stereocenters. The Morgan fingerprint density at radius 2 is 2.13 bits per heavy atom. The summed E-state index contributed by atoms with van der Waals surface area (Å²) in [5, 5.41) is 24.1. The van der Waals surface area contributed by atoms with Crippen molar-refractivity contribution in [3.8, 4) is 5.69 Å². The Bertz CT molecular complexity index is 1060. The van der Waals surface area contributed by atoms with Crippen molar-refractivity contribution in [1.29, 1.82) is 0 Å². The van der Waals surface area contributed by atoms with Crippen molar-refractivity contribution in [3.05, 3.63) is 68.2 Å². The second-order valence-electron chi connectivity index (χ2n) is 7.10. The molecule has 0 saturated carbocycles. The van der Waals surface area contributed by atoms with Crippen LogP contribution < -0.4 is 5.32 Å². The lowest BCUT2D eigenvalue weighted by molar-refractivity contribution is -0.384. The third-order valence-corrected chi connectivity index (χ3v) is 6.18. The fraction of sp³-hybridized carbons (Fsp3) is 0.350.